The average molecular weight is 276 g/mol. The van der Waals surface area contributed by atoms with Crippen molar-refractivity contribution in [1.29, 1.82) is 0 Å². The lowest BCUT2D eigenvalue weighted by molar-refractivity contribution is -0.479. The Morgan fingerprint density at radius 2 is 2.27 bits per heavy atom. The molecule has 0 amide bonds. The number of phenolic OH excluding ortho intramolecular Hbond substituents is 1. The van der Waals surface area contributed by atoms with Gasteiger partial charge < -0.3 is 9.84 Å². The summed E-state index contributed by atoms with van der Waals surface area (Å²) in [6.45, 7) is -0.162. The van der Waals surface area contributed by atoms with Gasteiger partial charge in [0.25, 0.3) is 0 Å². The molecule has 1 aromatic carbocycles. The highest BCUT2D eigenvalue weighted by atomic mass is 79.9. The Labute approximate surface area is 95.0 Å². The van der Waals surface area contributed by atoms with E-state index in [1.54, 1.807) is 6.07 Å². The molecule has 0 bridgehead atoms. The Morgan fingerprint density at radius 1 is 1.60 bits per heavy atom. The van der Waals surface area contributed by atoms with Crippen molar-refractivity contribution in [1.82, 2.24) is 0 Å². The number of aromatic hydroxyl groups is 1. The second kappa shape index (κ2) is 4.97. The van der Waals surface area contributed by atoms with Gasteiger partial charge in [-0.2, -0.15) is 0 Å². The number of hydrogen-bond donors (Lipinski definition) is 1. The lowest BCUT2D eigenvalue weighted by Crippen LogP contribution is -2.04. The molecular weight excluding hydrogens is 266 g/mol. The zero-order valence-electron chi connectivity index (χ0n) is 8.07. The Kier molecular flexibility index (Phi) is 3.90. The van der Waals surface area contributed by atoms with Crippen LogP contribution in [0.25, 0.3) is 0 Å². The molecule has 0 saturated carbocycles. The van der Waals surface area contributed by atoms with Gasteiger partial charge in [-0.25, -0.2) is 0 Å². The van der Waals surface area contributed by atoms with Gasteiger partial charge in [0, 0.05) is 15.8 Å². The van der Waals surface area contributed by atoms with Crippen molar-refractivity contribution in [2.75, 3.05) is 13.7 Å². The smallest absolute Gasteiger partial charge is 0.207 e. The van der Waals surface area contributed by atoms with E-state index in [1.807, 2.05) is 0 Å². The quantitative estimate of drug-likeness (QED) is 0.674. The van der Waals surface area contributed by atoms with Crippen LogP contribution in [-0.2, 0) is 6.42 Å². The first-order chi connectivity index (χ1) is 7.04. The highest BCUT2D eigenvalue weighted by Gasteiger charge is 2.09. The molecule has 1 rings (SSSR count). The van der Waals surface area contributed by atoms with Crippen molar-refractivity contribution in [3.8, 4) is 11.5 Å². The molecule has 0 unspecified atom stereocenters. The minimum absolute atomic E-state index is 0.0148. The Balaban J connectivity index is 2.90. The van der Waals surface area contributed by atoms with E-state index in [1.165, 1.54) is 13.2 Å². The standard InChI is InChI=1S/C9H10BrNO4/c1-15-9-5-7(10)6(4-8(9)12)2-3-11(13)14/h4-5,12H,2-3H2,1H3. The normalized spacial score (nSPS) is 10.0. The van der Waals surface area contributed by atoms with Crippen molar-refractivity contribution in [2.45, 2.75) is 6.42 Å². The molecule has 0 heterocycles. The van der Waals surface area contributed by atoms with Crippen LogP contribution in [0.5, 0.6) is 11.5 Å². The van der Waals surface area contributed by atoms with E-state index in [9.17, 15) is 15.2 Å². The zero-order valence-corrected chi connectivity index (χ0v) is 9.65. The van der Waals surface area contributed by atoms with Crippen molar-refractivity contribution in [3.63, 3.8) is 0 Å². The van der Waals surface area contributed by atoms with Gasteiger partial charge in [0.1, 0.15) is 0 Å². The summed E-state index contributed by atoms with van der Waals surface area (Å²) < 4.78 is 5.59. The minimum Gasteiger partial charge on any atom is -0.504 e. The van der Waals surface area contributed by atoms with Gasteiger partial charge in [-0.1, -0.05) is 15.9 Å². The fraction of sp³-hybridized carbons (Fsp3) is 0.333. The van der Waals surface area contributed by atoms with Crippen LogP contribution in [0.1, 0.15) is 5.56 Å². The molecule has 6 heteroatoms. The van der Waals surface area contributed by atoms with Crippen LogP contribution in [-0.4, -0.2) is 23.7 Å². The highest BCUT2D eigenvalue weighted by Crippen LogP contribution is 2.32. The van der Waals surface area contributed by atoms with E-state index in [0.717, 1.165) is 0 Å². The molecule has 0 aliphatic carbocycles. The predicted octanol–water partition coefficient (Wildman–Crippen LogP) is 1.98. The summed E-state index contributed by atoms with van der Waals surface area (Å²) in [6.07, 6.45) is 0.269. The van der Waals surface area contributed by atoms with Crippen LogP contribution in [0.2, 0.25) is 0 Å². The van der Waals surface area contributed by atoms with E-state index < -0.39 is 4.92 Å². The molecule has 0 radical (unpaired) electrons. The Bertz CT molecular complexity index is 381. The number of halogens is 1. The molecule has 0 aliphatic rings. The van der Waals surface area contributed by atoms with Gasteiger partial charge in [-0.05, 0) is 17.7 Å². The van der Waals surface area contributed by atoms with E-state index in [2.05, 4.69) is 15.9 Å². The summed E-state index contributed by atoms with van der Waals surface area (Å²) in [7, 11) is 1.44. The topological polar surface area (TPSA) is 72.6 Å². The summed E-state index contributed by atoms with van der Waals surface area (Å²) in [5.41, 5.74) is 0.685. The summed E-state index contributed by atoms with van der Waals surface area (Å²) in [5.74, 6) is 0.325. The maximum absolute atomic E-state index is 10.2. The molecule has 0 aliphatic heterocycles. The van der Waals surface area contributed by atoms with Gasteiger partial charge in [-0.3, -0.25) is 10.1 Å². The third-order valence-electron chi connectivity index (χ3n) is 1.91. The molecule has 0 atom stereocenters. The van der Waals surface area contributed by atoms with Gasteiger partial charge >= 0.3 is 0 Å². The van der Waals surface area contributed by atoms with Crippen molar-refractivity contribution >= 4 is 15.9 Å². The molecule has 0 spiro atoms. The highest BCUT2D eigenvalue weighted by molar-refractivity contribution is 9.10. The van der Waals surface area contributed by atoms with Gasteiger partial charge in [0.05, 0.1) is 7.11 Å². The van der Waals surface area contributed by atoms with Crippen LogP contribution >= 0.6 is 15.9 Å². The van der Waals surface area contributed by atoms with E-state index in [0.29, 0.717) is 15.8 Å². The van der Waals surface area contributed by atoms with Gasteiger partial charge in [0.15, 0.2) is 11.5 Å². The first-order valence-electron chi connectivity index (χ1n) is 4.21. The van der Waals surface area contributed by atoms with Crippen molar-refractivity contribution in [2.24, 2.45) is 0 Å². The number of nitrogens with zero attached hydrogens (tertiary/aromatic N) is 1. The minimum atomic E-state index is -0.395. The third-order valence-corrected chi connectivity index (χ3v) is 2.65. The number of methoxy groups -OCH3 is 1. The first kappa shape index (κ1) is 11.8. The fourth-order valence-corrected chi connectivity index (χ4v) is 1.67. The third kappa shape index (κ3) is 3.09. The Morgan fingerprint density at radius 3 is 2.80 bits per heavy atom. The molecule has 5 nitrogen and oxygen atoms in total. The van der Waals surface area contributed by atoms with Gasteiger partial charge in [0.2, 0.25) is 6.54 Å². The largest absolute Gasteiger partial charge is 0.504 e. The summed E-state index contributed by atoms with van der Waals surface area (Å²) in [4.78, 5) is 9.80. The van der Waals surface area contributed by atoms with Crippen LogP contribution < -0.4 is 4.74 Å². The van der Waals surface area contributed by atoms with Crippen molar-refractivity contribution in [3.05, 3.63) is 32.3 Å². The van der Waals surface area contributed by atoms with E-state index >= 15 is 0 Å². The first-order valence-corrected chi connectivity index (χ1v) is 5.01. The molecule has 1 N–H and O–H groups in total. The predicted molar refractivity (Wildman–Crippen MR) is 57.9 cm³/mol. The maximum Gasteiger partial charge on any atom is 0.207 e. The lowest BCUT2D eigenvalue weighted by atomic mass is 10.1. The second-order valence-electron chi connectivity index (χ2n) is 2.92. The second-order valence-corrected chi connectivity index (χ2v) is 3.78. The number of nitro groups is 1. The van der Waals surface area contributed by atoms with Gasteiger partial charge in [-0.15, -0.1) is 0 Å². The molecule has 15 heavy (non-hydrogen) atoms. The maximum atomic E-state index is 10.2. The van der Waals surface area contributed by atoms with E-state index in [-0.39, 0.29) is 18.7 Å². The average Bonchev–Trinajstić information content (AvgIpc) is 2.18. The summed E-state index contributed by atoms with van der Waals surface area (Å²) in [6, 6.07) is 3.05. The number of benzene rings is 1. The van der Waals surface area contributed by atoms with Crippen LogP contribution in [0.4, 0.5) is 0 Å². The monoisotopic (exact) mass is 275 g/mol. The number of rotatable bonds is 4. The SMILES string of the molecule is COc1cc(Br)c(CC[N+](=O)[O-])cc1O. The molecular formula is C9H10BrNO4. The van der Waals surface area contributed by atoms with Crippen LogP contribution in [0, 0.1) is 10.1 Å². The van der Waals surface area contributed by atoms with Crippen molar-refractivity contribution < 1.29 is 14.8 Å². The number of hydrogen-bond acceptors (Lipinski definition) is 4. The fourth-order valence-electron chi connectivity index (χ4n) is 1.15. The zero-order chi connectivity index (χ0) is 11.4. The molecule has 0 aromatic heterocycles. The number of ether oxygens (including phenoxy) is 1. The van der Waals surface area contributed by atoms with E-state index in [4.69, 9.17) is 4.74 Å². The molecule has 0 fully saturated rings. The van der Waals surface area contributed by atoms with Crippen LogP contribution in [0.3, 0.4) is 0 Å². The Hall–Kier alpha value is -1.30. The number of phenols is 1. The van der Waals surface area contributed by atoms with Crippen LogP contribution in [0.15, 0.2) is 16.6 Å². The summed E-state index contributed by atoms with van der Waals surface area (Å²) in [5, 5.41) is 19.7. The molecule has 1 aromatic rings. The summed E-state index contributed by atoms with van der Waals surface area (Å²) >= 11 is 3.26. The lowest BCUT2D eigenvalue weighted by Gasteiger charge is -2.07. The molecule has 82 valence electrons. The molecule has 0 saturated heterocycles.